The summed E-state index contributed by atoms with van der Waals surface area (Å²) >= 11 is 0. The molecule has 2 heterocycles. The SMILES string of the molecule is Cc1ccc(N2C3C4CC(C5C(=O)N(C(Cc6ccccc6)C(=O)O)C(=O)C45)C32)cc1. The second kappa shape index (κ2) is 6.42. The Labute approximate surface area is 180 Å². The monoisotopic (exact) mass is 416 g/mol. The van der Waals surface area contributed by atoms with Gasteiger partial charge in [-0.25, -0.2) is 4.79 Å². The van der Waals surface area contributed by atoms with Gasteiger partial charge in [-0.2, -0.15) is 0 Å². The second-order valence-electron chi connectivity index (χ2n) is 9.43. The minimum Gasteiger partial charge on any atom is -0.480 e. The Kier molecular flexibility index (Phi) is 3.86. The zero-order chi connectivity index (χ0) is 21.4. The zero-order valence-corrected chi connectivity index (χ0v) is 17.2. The summed E-state index contributed by atoms with van der Waals surface area (Å²) in [5.74, 6) is -2.15. The Morgan fingerprint density at radius 3 is 2.10 bits per heavy atom. The summed E-state index contributed by atoms with van der Waals surface area (Å²) in [5.41, 5.74) is 3.16. The molecule has 2 saturated carbocycles. The fourth-order valence-corrected chi connectivity index (χ4v) is 6.63. The van der Waals surface area contributed by atoms with E-state index in [1.807, 2.05) is 30.3 Å². The summed E-state index contributed by atoms with van der Waals surface area (Å²) in [4.78, 5) is 42.3. The van der Waals surface area contributed by atoms with Crippen LogP contribution >= 0.6 is 0 Å². The van der Waals surface area contributed by atoms with Crippen molar-refractivity contribution in [1.82, 2.24) is 4.90 Å². The molecule has 0 spiro atoms. The zero-order valence-electron chi connectivity index (χ0n) is 17.2. The van der Waals surface area contributed by atoms with Gasteiger partial charge < -0.3 is 10.0 Å². The maximum Gasteiger partial charge on any atom is 0.327 e. The highest BCUT2D eigenvalue weighted by molar-refractivity contribution is 6.09. The van der Waals surface area contributed by atoms with Gasteiger partial charge in [-0.05, 0) is 42.9 Å². The molecule has 31 heavy (non-hydrogen) atoms. The number of anilines is 1. The Hall–Kier alpha value is -3.15. The number of aliphatic carboxylic acids is 1. The topological polar surface area (TPSA) is 77.7 Å². The van der Waals surface area contributed by atoms with Crippen LogP contribution in [0.5, 0.6) is 0 Å². The van der Waals surface area contributed by atoms with E-state index in [0.717, 1.165) is 22.6 Å². The van der Waals surface area contributed by atoms with E-state index >= 15 is 0 Å². The van der Waals surface area contributed by atoms with Crippen LogP contribution in [-0.2, 0) is 20.8 Å². The van der Waals surface area contributed by atoms with E-state index in [0.29, 0.717) is 12.1 Å². The molecular weight excluding hydrogens is 392 g/mol. The van der Waals surface area contributed by atoms with Gasteiger partial charge in [0.2, 0.25) is 11.8 Å². The smallest absolute Gasteiger partial charge is 0.327 e. The van der Waals surface area contributed by atoms with E-state index in [1.165, 1.54) is 5.56 Å². The second-order valence-corrected chi connectivity index (χ2v) is 9.43. The molecule has 0 radical (unpaired) electrons. The van der Waals surface area contributed by atoms with Crippen molar-refractivity contribution in [2.45, 2.75) is 37.9 Å². The van der Waals surface area contributed by atoms with Crippen molar-refractivity contribution in [3.8, 4) is 0 Å². The molecule has 6 nitrogen and oxygen atoms in total. The van der Waals surface area contributed by atoms with E-state index in [2.05, 4.69) is 36.1 Å². The summed E-state index contributed by atoms with van der Waals surface area (Å²) in [6.45, 7) is 2.06. The van der Waals surface area contributed by atoms with Crippen molar-refractivity contribution < 1.29 is 19.5 Å². The average Bonchev–Trinajstić information content (AvgIpc) is 3.09. The van der Waals surface area contributed by atoms with Crippen LogP contribution in [0.25, 0.3) is 0 Å². The highest BCUT2D eigenvalue weighted by atomic mass is 16.4. The number of carboxylic acid groups (broad SMARTS) is 1. The highest BCUT2D eigenvalue weighted by Crippen LogP contribution is 2.66. The van der Waals surface area contributed by atoms with Crippen molar-refractivity contribution >= 4 is 23.5 Å². The van der Waals surface area contributed by atoms with Gasteiger partial charge in [-0.3, -0.25) is 14.5 Å². The number of imide groups is 1. The third-order valence-electron chi connectivity index (χ3n) is 7.88. The number of hydrogen-bond donors (Lipinski definition) is 1. The van der Waals surface area contributed by atoms with Crippen LogP contribution in [0.2, 0.25) is 0 Å². The molecule has 7 atom stereocenters. The summed E-state index contributed by atoms with van der Waals surface area (Å²) < 4.78 is 0. The van der Waals surface area contributed by atoms with Gasteiger partial charge in [0.25, 0.3) is 0 Å². The Morgan fingerprint density at radius 1 is 0.968 bits per heavy atom. The molecule has 4 fully saturated rings. The fourth-order valence-electron chi connectivity index (χ4n) is 6.63. The van der Waals surface area contributed by atoms with Crippen LogP contribution in [0.1, 0.15) is 17.5 Å². The molecule has 2 aliphatic heterocycles. The predicted octanol–water partition coefficient (Wildman–Crippen LogP) is 2.50. The number of piperidine rings is 1. The Balaban J connectivity index is 1.27. The van der Waals surface area contributed by atoms with Gasteiger partial charge >= 0.3 is 5.97 Å². The predicted molar refractivity (Wildman–Crippen MR) is 113 cm³/mol. The number of hydrogen-bond acceptors (Lipinski definition) is 4. The molecular formula is C25H24N2O4. The third-order valence-corrected chi connectivity index (χ3v) is 7.88. The lowest BCUT2D eigenvalue weighted by Crippen LogP contribution is -2.47. The van der Waals surface area contributed by atoms with Crippen molar-refractivity contribution in [3.05, 3.63) is 65.7 Å². The van der Waals surface area contributed by atoms with Crippen LogP contribution in [0.3, 0.4) is 0 Å². The van der Waals surface area contributed by atoms with Gasteiger partial charge in [0.15, 0.2) is 0 Å². The van der Waals surface area contributed by atoms with Crippen LogP contribution < -0.4 is 4.90 Å². The number of carboxylic acids is 1. The number of carbonyl (C=O) groups is 3. The van der Waals surface area contributed by atoms with Crippen molar-refractivity contribution in [1.29, 1.82) is 0 Å². The lowest BCUT2D eigenvalue weighted by molar-refractivity contribution is -0.155. The molecule has 6 heteroatoms. The molecule has 2 aliphatic carbocycles. The molecule has 2 bridgehead atoms. The minimum atomic E-state index is -1.14. The molecule has 6 rings (SSSR count). The number of amides is 2. The van der Waals surface area contributed by atoms with Gasteiger partial charge in [-0.1, -0.05) is 48.0 Å². The van der Waals surface area contributed by atoms with Gasteiger partial charge in [0.1, 0.15) is 6.04 Å². The van der Waals surface area contributed by atoms with Gasteiger partial charge in [-0.15, -0.1) is 0 Å². The molecule has 2 saturated heterocycles. The number of aryl methyl sites for hydroxylation is 1. The molecule has 2 aromatic carbocycles. The summed E-state index contributed by atoms with van der Waals surface area (Å²) in [5, 5.41) is 9.86. The van der Waals surface area contributed by atoms with Crippen LogP contribution in [0, 0.1) is 30.6 Å². The molecule has 1 N–H and O–H groups in total. The maximum absolute atomic E-state index is 13.4. The summed E-state index contributed by atoms with van der Waals surface area (Å²) in [6, 6.07) is 17.0. The Morgan fingerprint density at radius 2 is 1.55 bits per heavy atom. The first-order valence-electron chi connectivity index (χ1n) is 11.0. The van der Waals surface area contributed by atoms with Crippen LogP contribution in [-0.4, -0.2) is 45.9 Å². The Bertz CT molecular complexity index is 1050. The van der Waals surface area contributed by atoms with E-state index in [9.17, 15) is 19.5 Å². The molecule has 2 amide bonds. The first-order chi connectivity index (χ1) is 15.0. The number of nitrogens with zero attached hydrogens (tertiary/aromatic N) is 2. The van der Waals surface area contributed by atoms with E-state index in [1.54, 1.807) is 0 Å². The molecule has 2 aromatic rings. The van der Waals surface area contributed by atoms with Crippen molar-refractivity contribution in [2.24, 2.45) is 23.7 Å². The minimum absolute atomic E-state index is 0.133. The third kappa shape index (κ3) is 2.54. The van der Waals surface area contributed by atoms with Crippen LogP contribution in [0.15, 0.2) is 54.6 Å². The number of rotatable bonds is 5. The van der Waals surface area contributed by atoms with Crippen molar-refractivity contribution in [2.75, 3.05) is 4.90 Å². The highest BCUT2D eigenvalue weighted by Gasteiger charge is 2.76. The lowest BCUT2D eigenvalue weighted by Gasteiger charge is -2.25. The van der Waals surface area contributed by atoms with E-state index in [-0.39, 0.29) is 41.9 Å². The quantitative estimate of drug-likeness (QED) is 0.599. The first kappa shape index (κ1) is 18.6. The molecule has 0 aromatic heterocycles. The number of carbonyl (C=O) groups excluding carboxylic acids is 2. The van der Waals surface area contributed by atoms with Gasteiger partial charge in [0, 0.05) is 12.1 Å². The molecule has 4 aliphatic rings. The molecule has 158 valence electrons. The first-order valence-corrected chi connectivity index (χ1v) is 11.0. The largest absolute Gasteiger partial charge is 0.480 e. The maximum atomic E-state index is 13.4. The van der Waals surface area contributed by atoms with Crippen molar-refractivity contribution in [3.63, 3.8) is 0 Å². The summed E-state index contributed by atoms with van der Waals surface area (Å²) in [6.07, 6.45) is 1.04. The standard InChI is InChI=1S/C25H24N2O4/c1-13-7-9-15(10-8-13)26-21-16-12-17(22(21)26)20-19(16)23(28)27(24(20)29)18(25(30)31)11-14-5-3-2-4-6-14/h2-10,16-22H,11-12H2,1H3,(H,30,31). The average molecular weight is 416 g/mol. The van der Waals surface area contributed by atoms with E-state index < -0.39 is 12.0 Å². The number of fused-ring (bicyclic) bond motifs is 8. The normalized spacial score (nSPS) is 33.5. The molecule has 7 unspecified atom stereocenters. The lowest BCUT2D eigenvalue weighted by atomic mass is 9.81. The van der Waals surface area contributed by atoms with Crippen LogP contribution in [0.4, 0.5) is 5.69 Å². The summed E-state index contributed by atoms with van der Waals surface area (Å²) in [7, 11) is 0. The van der Waals surface area contributed by atoms with Gasteiger partial charge in [0.05, 0.1) is 23.9 Å². The fraction of sp³-hybridized carbons (Fsp3) is 0.400. The number of likely N-dealkylation sites (tertiary alicyclic amines) is 1. The van der Waals surface area contributed by atoms with E-state index in [4.69, 9.17) is 0 Å². The number of benzene rings is 2.